The number of anilines is 1. The molecule has 0 fully saturated rings. The predicted molar refractivity (Wildman–Crippen MR) is 68.5 cm³/mol. The van der Waals surface area contributed by atoms with E-state index in [4.69, 9.17) is 5.73 Å². The minimum absolute atomic E-state index is 0.526. The van der Waals surface area contributed by atoms with Gasteiger partial charge in [0.1, 0.15) is 0 Å². The second kappa shape index (κ2) is 5.32. The highest BCUT2D eigenvalue weighted by molar-refractivity contribution is 5.53. The summed E-state index contributed by atoms with van der Waals surface area (Å²) in [6.07, 6.45) is 0. The molecule has 0 amide bonds. The first-order valence-corrected chi connectivity index (χ1v) is 5.73. The first-order chi connectivity index (χ1) is 7.48. The monoisotopic (exact) mass is 222 g/mol. The molecule has 0 unspecified atom stereocenters. The van der Waals surface area contributed by atoms with Crippen LogP contribution in [-0.2, 0) is 6.54 Å². The minimum Gasteiger partial charge on any atom is -0.389 e. The molecule has 90 valence electrons. The summed E-state index contributed by atoms with van der Waals surface area (Å²) in [5.74, 6) is 0. The van der Waals surface area contributed by atoms with E-state index >= 15 is 0 Å². The van der Waals surface area contributed by atoms with Gasteiger partial charge in [-0.1, -0.05) is 18.2 Å². The van der Waals surface area contributed by atoms with E-state index in [0.717, 1.165) is 17.8 Å². The van der Waals surface area contributed by atoms with Crippen LogP contribution in [0.25, 0.3) is 0 Å². The number of para-hydroxylation sites is 1. The molecule has 1 aromatic rings. The first-order valence-electron chi connectivity index (χ1n) is 5.73. The summed E-state index contributed by atoms with van der Waals surface area (Å²) < 4.78 is 0. The molecule has 0 heterocycles. The number of nitrogens with zero attached hydrogens (tertiary/aromatic N) is 1. The van der Waals surface area contributed by atoms with Crippen molar-refractivity contribution in [2.45, 2.75) is 32.9 Å². The molecule has 0 atom stereocenters. The van der Waals surface area contributed by atoms with Crippen LogP contribution in [0, 0.1) is 0 Å². The van der Waals surface area contributed by atoms with Gasteiger partial charge in [-0.15, -0.1) is 0 Å². The standard InChI is InChI=1S/C13H22N2O/c1-4-15(10-13(2,3)16)12-8-6-5-7-11(12)9-14/h5-8,16H,4,9-10,14H2,1-3H3. The molecule has 1 aromatic carbocycles. The Morgan fingerprint density at radius 1 is 1.31 bits per heavy atom. The van der Waals surface area contributed by atoms with E-state index in [0.29, 0.717) is 13.1 Å². The molecule has 0 spiro atoms. The highest BCUT2D eigenvalue weighted by atomic mass is 16.3. The predicted octanol–water partition coefficient (Wildman–Crippen LogP) is 1.74. The fourth-order valence-corrected chi connectivity index (χ4v) is 1.83. The van der Waals surface area contributed by atoms with Crippen molar-refractivity contribution in [1.29, 1.82) is 0 Å². The highest BCUT2D eigenvalue weighted by Gasteiger charge is 2.18. The van der Waals surface area contributed by atoms with E-state index in [9.17, 15) is 5.11 Å². The highest BCUT2D eigenvalue weighted by Crippen LogP contribution is 2.21. The van der Waals surface area contributed by atoms with E-state index in [-0.39, 0.29) is 0 Å². The smallest absolute Gasteiger partial charge is 0.0765 e. The Kier molecular flexibility index (Phi) is 4.33. The largest absolute Gasteiger partial charge is 0.389 e. The number of rotatable bonds is 5. The van der Waals surface area contributed by atoms with Gasteiger partial charge < -0.3 is 15.7 Å². The summed E-state index contributed by atoms with van der Waals surface area (Å²) in [5.41, 5.74) is 7.26. The van der Waals surface area contributed by atoms with Crippen molar-refractivity contribution >= 4 is 5.69 Å². The van der Waals surface area contributed by atoms with Crippen LogP contribution in [0.5, 0.6) is 0 Å². The molecule has 3 N–H and O–H groups in total. The fraction of sp³-hybridized carbons (Fsp3) is 0.538. The first kappa shape index (κ1) is 13.0. The maximum Gasteiger partial charge on any atom is 0.0765 e. The zero-order valence-electron chi connectivity index (χ0n) is 10.4. The molecule has 0 aliphatic carbocycles. The summed E-state index contributed by atoms with van der Waals surface area (Å²) >= 11 is 0. The second-order valence-corrected chi connectivity index (χ2v) is 4.66. The Morgan fingerprint density at radius 3 is 2.44 bits per heavy atom. The summed E-state index contributed by atoms with van der Waals surface area (Å²) in [5, 5.41) is 9.87. The number of benzene rings is 1. The third kappa shape index (κ3) is 3.51. The van der Waals surface area contributed by atoms with Crippen LogP contribution in [0.15, 0.2) is 24.3 Å². The van der Waals surface area contributed by atoms with Gasteiger partial charge in [0.25, 0.3) is 0 Å². The van der Waals surface area contributed by atoms with Crippen molar-refractivity contribution in [3.63, 3.8) is 0 Å². The van der Waals surface area contributed by atoms with E-state index in [2.05, 4.69) is 17.9 Å². The average Bonchev–Trinajstić information content (AvgIpc) is 2.24. The lowest BCUT2D eigenvalue weighted by atomic mass is 10.1. The van der Waals surface area contributed by atoms with Crippen LogP contribution in [0.1, 0.15) is 26.3 Å². The summed E-state index contributed by atoms with van der Waals surface area (Å²) in [6.45, 7) is 7.72. The van der Waals surface area contributed by atoms with Gasteiger partial charge in [-0.2, -0.15) is 0 Å². The molecule has 0 saturated heterocycles. The third-order valence-corrected chi connectivity index (χ3v) is 2.51. The van der Waals surface area contributed by atoms with E-state index in [1.54, 1.807) is 0 Å². The average molecular weight is 222 g/mol. The van der Waals surface area contributed by atoms with Gasteiger partial charge in [-0.05, 0) is 32.4 Å². The Hall–Kier alpha value is -1.06. The van der Waals surface area contributed by atoms with Crippen LogP contribution in [0.3, 0.4) is 0 Å². The summed E-state index contributed by atoms with van der Waals surface area (Å²) in [6, 6.07) is 8.07. The molecular weight excluding hydrogens is 200 g/mol. The normalized spacial score (nSPS) is 11.6. The lowest BCUT2D eigenvalue weighted by Crippen LogP contribution is -2.39. The molecule has 0 radical (unpaired) electrons. The van der Waals surface area contributed by atoms with Crippen LogP contribution in [0.4, 0.5) is 5.69 Å². The molecule has 1 rings (SSSR count). The lowest BCUT2D eigenvalue weighted by Gasteiger charge is -2.31. The maximum atomic E-state index is 9.87. The molecular formula is C13H22N2O. The quantitative estimate of drug-likeness (QED) is 0.798. The molecule has 3 nitrogen and oxygen atoms in total. The van der Waals surface area contributed by atoms with Gasteiger partial charge in [-0.25, -0.2) is 0 Å². The van der Waals surface area contributed by atoms with E-state index < -0.39 is 5.60 Å². The zero-order valence-corrected chi connectivity index (χ0v) is 10.4. The number of nitrogens with two attached hydrogens (primary N) is 1. The lowest BCUT2D eigenvalue weighted by molar-refractivity contribution is 0.0875. The Balaban J connectivity index is 2.94. The van der Waals surface area contributed by atoms with Crippen molar-refractivity contribution < 1.29 is 5.11 Å². The Bertz CT molecular complexity index is 331. The van der Waals surface area contributed by atoms with Gasteiger partial charge >= 0.3 is 0 Å². The van der Waals surface area contributed by atoms with Gasteiger partial charge in [0, 0.05) is 25.3 Å². The van der Waals surface area contributed by atoms with Crippen molar-refractivity contribution in [3.8, 4) is 0 Å². The second-order valence-electron chi connectivity index (χ2n) is 4.66. The number of likely N-dealkylation sites (N-methyl/N-ethyl adjacent to an activating group) is 1. The van der Waals surface area contributed by atoms with Crippen LogP contribution < -0.4 is 10.6 Å². The van der Waals surface area contributed by atoms with Crippen LogP contribution >= 0.6 is 0 Å². The van der Waals surface area contributed by atoms with Crippen molar-refractivity contribution in [2.75, 3.05) is 18.0 Å². The van der Waals surface area contributed by atoms with Crippen molar-refractivity contribution in [3.05, 3.63) is 29.8 Å². The number of hydrogen-bond donors (Lipinski definition) is 2. The molecule has 0 aliphatic rings. The van der Waals surface area contributed by atoms with Crippen LogP contribution in [-0.4, -0.2) is 23.8 Å². The molecule has 3 heteroatoms. The van der Waals surface area contributed by atoms with E-state index in [1.165, 1.54) is 0 Å². The molecule has 0 aliphatic heterocycles. The topological polar surface area (TPSA) is 49.5 Å². The van der Waals surface area contributed by atoms with Crippen molar-refractivity contribution in [2.24, 2.45) is 5.73 Å². The van der Waals surface area contributed by atoms with Gasteiger partial charge in [-0.3, -0.25) is 0 Å². The zero-order chi connectivity index (χ0) is 12.2. The Morgan fingerprint density at radius 2 is 1.94 bits per heavy atom. The molecule has 0 saturated carbocycles. The molecule has 16 heavy (non-hydrogen) atoms. The minimum atomic E-state index is -0.697. The third-order valence-electron chi connectivity index (χ3n) is 2.51. The van der Waals surface area contributed by atoms with Crippen molar-refractivity contribution in [1.82, 2.24) is 0 Å². The fourth-order valence-electron chi connectivity index (χ4n) is 1.83. The number of hydrogen-bond acceptors (Lipinski definition) is 3. The summed E-state index contributed by atoms with van der Waals surface area (Å²) in [4.78, 5) is 2.15. The SMILES string of the molecule is CCN(CC(C)(C)O)c1ccccc1CN. The summed E-state index contributed by atoms with van der Waals surface area (Å²) in [7, 11) is 0. The van der Waals surface area contributed by atoms with E-state index in [1.807, 2.05) is 32.0 Å². The number of aliphatic hydroxyl groups is 1. The van der Waals surface area contributed by atoms with Gasteiger partial charge in [0.2, 0.25) is 0 Å². The van der Waals surface area contributed by atoms with Gasteiger partial charge in [0.15, 0.2) is 0 Å². The maximum absolute atomic E-state index is 9.87. The molecule has 0 aromatic heterocycles. The molecule has 0 bridgehead atoms. The Labute approximate surface area is 97.9 Å². The van der Waals surface area contributed by atoms with Gasteiger partial charge in [0.05, 0.1) is 5.60 Å². The van der Waals surface area contributed by atoms with Crippen LogP contribution in [0.2, 0.25) is 0 Å².